The van der Waals surface area contributed by atoms with Crippen LogP contribution in [0.1, 0.15) is 62.7 Å². The van der Waals surface area contributed by atoms with Gasteiger partial charge in [-0.2, -0.15) is 10.1 Å². The third-order valence-electron chi connectivity index (χ3n) is 4.79. The molecule has 1 saturated carbocycles. The Labute approximate surface area is 129 Å². The van der Waals surface area contributed by atoms with Crippen LogP contribution < -0.4 is 0 Å². The number of hydrogen-bond acceptors (Lipinski definition) is 6. The molecule has 2 aliphatic rings. The Hall–Kier alpha value is -1.76. The fourth-order valence-electron chi connectivity index (χ4n) is 3.34. The smallest absolute Gasteiger partial charge is 0.243 e. The van der Waals surface area contributed by atoms with Crippen LogP contribution in [0.15, 0.2) is 17.2 Å². The monoisotopic (exact) mass is 302 g/mol. The van der Waals surface area contributed by atoms with Crippen LogP contribution in [0.2, 0.25) is 0 Å². The van der Waals surface area contributed by atoms with Gasteiger partial charge in [-0.05, 0) is 39.2 Å². The van der Waals surface area contributed by atoms with Gasteiger partial charge in [-0.3, -0.25) is 9.58 Å². The lowest BCUT2D eigenvalue weighted by Crippen LogP contribution is -2.43. The average Bonchev–Trinajstić information content (AvgIpc) is 3.06. The van der Waals surface area contributed by atoms with E-state index in [1.165, 1.54) is 32.1 Å². The van der Waals surface area contributed by atoms with Crippen molar-refractivity contribution in [2.24, 2.45) is 0 Å². The number of aromatic nitrogens is 5. The molecule has 3 heterocycles. The summed E-state index contributed by atoms with van der Waals surface area (Å²) >= 11 is 0. The molecule has 7 nitrogen and oxygen atoms in total. The molecular weight excluding hydrogens is 280 g/mol. The lowest BCUT2D eigenvalue weighted by Gasteiger charge is -2.38. The minimum Gasteiger partial charge on any atom is -0.338 e. The van der Waals surface area contributed by atoms with Crippen LogP contribution >= 0.6 is 0 Å². The van der Waals surface area contributed by atoms with Crippen molar-refractivity contribution in [3.63, 3.8) is 0 Å². The van der Waals surface area contributed by atoms with Gasteiger partial charge in [0, 0.05) is 12.0 Å². The molecule has 0 bridgehead atoms. The Balaban J connectivity index is 1.49. The number of piperidine rings is 1. The lowest BCUT2D eigenvalue weighted by molar-refractivity contribution is 0.0719. The molecule has 2 fully saturated rings. The fraction of sp³-hybridized carbons (Fsp3) is 0.733. The van der Waals surface area contributed by atoms with Crippen molar-refractivity contribution in [1.29, 1.82) is 0 Å². The molecule has 4 rings (SSSR count). The Morgan fingerprint density at radius 1 is 1.32 bits per heavy atom. The van der Waals surface area contributed by atoms with E-state index < -0.39 is 0 Å². The Kier molecular flexibility index (Phi) is 3.65. The predicted molar refractivity (Wildman–Crippen MR) is 79.1 cm³/mol. The molecule has 2 aromatic heterocycles. The summed E-state index contributed by atoms with van der Waals surface area (Å²) in [6, 6.07) is 0.607. The van der Waals surface area contributed by atoms with Crippen LogP contribution in [0.5, 0.6) is 0 Å². The molecule has 118 valence electrons. The van der Waals surface area contributed by atoms with E-state index >= 15 is 0 Å². The van der Waals surface area contributed by atoms with Crippen LogP contribution in [0.3, 0.4) is 0 Å². The van der Waals surface area contributed by atoms with E-state index in [4.69, 9.17) is 4.52 Å². The van der Waals surface area contributed by atoms with E-state index in [2.05, 4.69) is 32.0 Å². The molecule has 0 amide bonds. The normalized spacial score (nSPS) is 24.5. The Morgan fingerprint density at radius 3 is 3.00 bits per heavy atom. The number of rotatable bonds is 5. The maximum Gasteiger partial charge on any atom is 0.243 e. The molecule has 2 aromatic rings. The third kappa shape index (κ3) is 2.77. The SMILES string of the molecule is C[C@@H](c1nc(C2CC2)no1)N1CCCC[C@H]1Cn1cncn1. The van der Waals surface area contributed by atoms with Crippen LogP contribution in [0.25, 0.3) is 0 Å². The average molecular weight is 302 g/mol. The molecule has 7 heteroatoms. The maximum absolute atomic E-state index is 5.53. The summed E-state index contributed by atoms with van der Waals surface area (Å²) in [5.74, 6) is 2.19. The van der Waals surface area contributed by atoms with Gasteiger partial charge in [0.05, 0.1) is 12.6 Å². The maximum atomic E-state index is 5.53. The van der Waals surface area contributed by atoms with Crippen molar-refractivity contribution >= 4 is 0 Å². The standard InChI is InChI=1S/C15H22N6O/c1-11(15-18-14(19-22-15)12-5-6-12)21-7-3-2-4-13(21)8-20-10-16-9-17-20/h9-13H,2-8H2,1H3/t11-,13-/m0/s1. The molecular formula is C15H22N6O. The number of nitrogens with zero attached hydrogens (tertiary/aromatic N) is 6. The number of likely N-dealkylation sites (tertiary alicyclic amines) is 1. The van der Waals surface area contributed by atoms with Crippen molar-refractivity contribution in [2.75, 3.05) is 6.54 Å². The molecule has 22 heavy (non-hydrogen) atoms. The Morgan fingerprint density at radius 2 is 2.23 bits per heavy atom. The number of hydrogen-bond donors (Lipinski definition) is 0. The molecule has 0 unspecified atom stereocenters. The zero-order valence-electron chi connectivity index (χ0n) is 12.9. The topological polar surface area (TPSA) is 72.9 Å². The van der Waals surface area contributed by atoms with Crippen molar-refractivity contribution in [3.05, 3.63) is 24.4 Å². The second kappa shape index (κ2) is 5.79. The summed E-state index contributed by atoms with van der Waals surface area (Å²) < 4.78 is 7.44. The molecule has 1 aliphatic heterocycles. The first-order chi connectivity index (χ1) is 10.8. The van der Waals surface area contributed by atoms with Gasteiger partial charge in [0.2, 0.25) is 5.89 Å². The fourth-order valence-corrected chi connectivity index (χ4v) is 3.34. The first kappa shape index (κ1) is 13.9. The second-order valence-electron chi connectivity index (χ2n) is 6.45. The predicted octanol–water partition coefficient (Wildman–Crippen LogP) is 2.15. The molecule has 1 saturated heterocycles. The van der Waals surface area contributed by atoms with Crippen LogP contribution in [-0.2, 0) is 6.54 Å². The zero-order chi connectivity index (χ0) is 14.9. The van der Waals surface area contributed by atoms with Crippen LogP contribution in [-0.4, -0.2) is 42.4 Å². The summed E-state index contributed by atoms with van der Waals surface area (Å²) in [5, 5.41) is 8.39. The van der Waals surface area contributed by atoms with Gasteiger partial charge in [0.1, 0.15) is 12.7 Å². The highest BCUT2D eigenvalue weighted by Crippen LogP contribution is 2.39. The zero-order valence-corrected chi connectivity index (χ0v) is 12.9. The lowest BCUT2D eigenvalue weighted by atomic mass is 10.00. The highest BCUT2D eigenvalue weighted by Gasteiger charge is 2.33. The summed E-state index contributed by atoms with van der Waals surface area (Å²) in [7, 11) is 0. The largest absolute Gasteiger partial charge is 0.338 e. The van der Waals surface area contributed by atoms with E-state index in [0.717, 1.165) is 24.8 Å². The van der Waals surface area contributed by atoms with Gasteiger partial charge in [0.25, 0.3) is 0 Å². The van der Waals surface area contributed by atoms with Gasteiger partial charge < -0.3 is 4.52 Å². The van der Waals surface area contributed by atoms with E-state index in [1.54, 1.807) is 12.7 Å². The van der Waals surface area contributed by atoms with Crippen molar-refractivity contribution in [1.82, 2.24) is 29.8 Å². The van der Waals surface area contributed by atoms with E-state index in [-0.39, 0.29) is 6.04 Å². The van der Waals surface area contributed by atoms with E-state index in [1.807, 2.05) is 4.68 Å². The minimum atomic E-state index is 0.161. The van der Waals surface area contributed by atoms with Gasteiger partial charge >= 0.3 is 0 Å². The molecule has 2 atom stereocenters. The van der Waals surface area contributed by atoms with Crippen molar-refractivity contribution < 1.29 is 4.52 Å². The highest BCUT2D eigenvalue weighted by atomic mass is 16.5. The summed E-state index contributed by atoms with van der Waals surface area (Å²) in [5.41, 5.74) is 0. The molecule has 0 aromatic carbocycles. The van der Waals surface area contributed by atoms with Crippen LogP contribution in [0, 0.1) is 0 Å². The summed E-state index contributed by atoms with van der Waals surface area (Å²) in [6.07, 6.45) is 9.44. The van der Waals surface area contributed by atoms with Gasteiger partial charge in [-0.25, -0.2) is 4.98 Å². The van der Waals surface area contributed by atoms with Crippen molar-refractivity contribution in [2.45, 2.75) is 63.6 Å². The van der Waals surface area contributed by atoms with Gasteiger partial charge in [-0.15, -0.1) is 0 Å². The minimum absolute atomic E-state index is 0.161. The van der Waals surface area contributed by atoms with Gasteiger partial charge in [-0.1, -0.05) is 11.6 Å². The van der Waals surface area contributed by atoms with Gasteiger partial charge in [0.15, 0.2) is 5.82 Å². The molecule has 1 aliphatic carbocycles. The molecule has 0 radical (unpaired) electrons. The van der Waals surface area contributed by atoms with E-state index in [0.29, 0.717) is 12.0 Å². The molecule has 0 spiro atoms. The Bertz CT molecular complexity index is 605. The van der Waals surface area contributed by atoms with Crippen molar-refractivity contribution in [3.8, 4) is 0 Å². The quantitative estimate of drug-likeness (QED) is 0.842. The first-order valence-electron chi connectivity index (χ1n) is 8.23. The third-order valence-corrected chi connectivity index (χ3v) is 4.79. The second-order valence-corrected chi connectivity index (χ2v) is 6.45. The highest BCUT2D eigenvalue weighted by molar-refractivity contribution is 5.05. The van der Waals surface area contributed by atoms with E-state index in [9.17, 15) is 0 Å². The molecule has 0 N–H and O–H groups in total. The first-order valence-corrected chi connectivity index (χ1v) is 8.23. The summed E-state index contributed by atoms with van der Waals surface area (Å²) in [4.78, 5) is 11.1. The van der Waals surface area contributed by atoms with Crippen LogP contribution in [0.4, 0.5) is 0 Å². The summed E-state index contributed by atoms with van der Waals surface area (Å²) in [6.45, 7) is 4.11.